The molecule has 0 radical (unpaired) electrons. The van der Waals surface area contributed by atoms with Crippen molar-refractivity contribution >= 4 is 17.4 Å². The first-order valence-corrected chi connectivity index (χ1v) is 10.5. The van der Waals surface area contributed by atoms with Gasteiger partial charge in [-0.2, -0.15) is 0 Å². The van der Waals surface area contributed by atoms with Crippen molar-refractivity contribution in [1.82, 2.24) is 4.90 Å². The highest BCUT2D eigenvalue weighted by Gasteiger charge is 2.47. The van der Waals surface area contributed by atoms with Gasteiger partial charge in [-0.3, -0.25) is 9.59 Å². The molecular weight excluding hydrogens is 422 g/mol. The number of aryl methyl sites for hydroxylation is 2. The lowest BCUT2D eigenvalue weighted by atomic mass is 9.98. The highest BCUT2D eigenvalue weighted by atomic mass is 16.5. The monoisotopic (exact) mass is 447 g/mol. The minimum Gasteiger partial charge on any atom is -0.507 e. The van der Waals surface area contributed by atoms with Crippen LogP contribution in [0.5, 0.6) is 11.5 Å². The van der Waals surface area contributed by atoms with Crippen LogP contribution in [-0.2, 0) is 16.1 Å². The number of furan rings is 1. The van der Waals surface area contributed by atoms with Crippen LogP contribution < -0.4 is 9.47 Å². The second-order valence-corrected chi connectivity index (χ2v) is 7.91. The number of aliphatic hydroxyl groups excluding tert-OH is 1. The third-order valence-corrected chi connectivity index (χ3v) is 5.73. The molecule has 7 heteroatoms. The van der Waals surface area contributed by atoms with E-state index < -0.39 is 17.7 Å². The molecule has 0 spiro atoms. The average molecular weight is 447 g/mol. The first-order valence-electron chi connectivity index (χ1n) is 10.5. The van der Waals surface area contributed by atoms with E-state index in [1.54, 1.807) is 63.6 Å². The van der Waals surface area contributed by atoms with Gasteiger partial charge in [0.05, 0.1) is 19.8 Å². The minimum atomic E-state index is -0.868. The third-order valence-electron chi connectivity index (χ3n) is 5.73. The summed E-state index contributed by atoms with van der Waals surface area (Å²) in [5.74, 6) is 0.614. The van der Waals surface area contributed by atoms with Crippen LogP contribution in [0.4, 0.5) is 0 Å². The van der Waals surface area contributed by atoms with Gasteiger partial charge in [-0.15, -0.1) is 0 Å². The Labute approximate surface area is 191 Å². The van der Waals surface area contributed by atoms with Crippen LogP contribution in [0.15, 0.2) is 64.6 Å². The summed E-state index contributed by atoms with van der Waals surface area (Å²) >= 11 is 0. The highest BCUT2D eigenvalue weighted by Crippen LogP contribution is 2.41. The number of rotatable bonds is 6. The molecule has 1 amide bonds. The number of hydrogen-bond donors (Lipinski definition) is 1. The van der Waals surface area contributed by atoms with E-state index in [0.717, 1.165) is 11.1 Å². The van der Waals surface area contributed by atoms with E-state index in [1.807, 2.05) is 19.1 Å². The smallest absolute Gasteiger partial charge is 0.296 e. The molecule has 33 heavy (non-hydrogen) atoms. The minimum absolute atomic E-state index is 0.0122. The Morgan fingerprint density at radius 2 is 1.82 bits per heavy atom. The van der Waals surface area contributed by atoms with E-state index >= 15 is 0 Å². The number of ether oxygens (including phenoxy) is 2. The van der Waals surface area contributed by atoms with Crippen LogP contribution in [0.1, 0.15) is 34.3 Å². The lowest BCUT2D eigenvalue weighted by molar-refractivity contribution is -0.140. The van der Waals surface area contributed by atoms with Gasteiger partial charge in [0.15, 0.2) is 0 Å². The van der Waals surface area contributed by atoms with Crippen molar-refractivity contribution in [2.75, 3.05) is 14.2 Å². The van der Waals surface area contributed by atoms with E-state index in [2.05, 4.69) is 0 Å². The number of amides is 1. The summed E-state index contributed by atoms with van der Waals surface area (Å²) in [5.41, 5.74) is 1.98. The van der Waals surface area contributed by atoms with E-state index in [-0.39, 0.29) is 17.9 Å². The maximum atomic E-state index is 13.1. The maximum Gasteiger partial charge on any atom is 0.296 e. The SMILES string of the molecule is COc1cccc(CN2C(=O)C(=O)/C(=C(\O)c3ccc(OC)c(C)c3)C2c2ccc(C)o2)c1. The first kappa shape index (κ1) is 22.2. The summed E-state index contributed by atoms with van der Waals surface area (Å²) in [7, 11) is 3.12. The third kappa shape index (κ3) is 4.09. The van der Waals surface area contributed by atoms with Crippen LogP contribution in [0.3, 0.4) is 0 Å². The molecule has 1 aliphatic rings. The zero-order chi connectivity index (χ0) is 23.7. The molecular formula is C26H25NO6. The fraction of sp³-hybridized carbons (Fsp3) is 0.231. The van der Waals surface area contributed by atoms with E-state index in [9.17, 15) is 14.7 Å². The van der Waals surface area contributed by atoms with E-state index in [4.69, 9.17) is 13.9 Å². The predicted molar refractivity (Wildman–Crippen MR) is 122 cm³/mol. The molecule has 1 atom stereocenters. The molecule has 7 nitrogen and oxygen atoms in total. The van der Waals surface area contributed by atoms with Gasteiger partial charge in [0.2, 0.25) is 0 Å². The number of carbonyl (C=O) groups is 2. The lowest BCUT2D eigenvalue weighted by Gasteiger charge is -2.23. The molecule has 4 rings (SSSR count). The topological polar surface area (TPSA) is 89.2 Å². The number of benzene rings is 2. The van der Waals surface area contributed by atoms with E-state index in [1.165, 1.54) is 4.90 Å². The van der Waals surface area contributed by atoms with Crippen LogP contribution in [0.2, 0.25) is 0 Å². The van der Waals surface area contributed by atoms with Crippen LogP contribution in [-0.4, -0.2) is 35.9 Å². The molecule has 0 bridgehead atoms. The van der Waals surface area contributed by atoms with Gasteiger partial charge in [0.25, 0.3) is 11.7 Å². The molecule has 0 aliphatic carbocycles. The molecule has 1 aromatic heterocycles. The van der Waals surface area contributed by atoms with Crippen LogP contribution in [0, 0.1) is 13.8 Å². The zero-order valence-corrected chi connectivity index (χ0v) is 18.9. The lowest BCUT2D eigenvalue weighted by Crippen LogP contribution is -2.29. The number of carbonyl (C=O) groups excluding carboxylic acids is 2. The molecule has 1 unspecified atom stereocenters. The molecule has 1 fully saturated rings. The molecule has 2 heterocycles. The normalized spacial score (nSPS) is 17.5. The van der Waals surface area contributed by atoms with Gasteiger partial charge < -0.3 is 23.9 Å². The van der Waals surface area contributed by atoms with Gasteiger partial charge in [-0.1, -0.05) is 12.1 Å². The molecule has 1 aliphatic heterocycles. The van der Waals surface area contributed by atoms with Gasteiger partial charge in [-0.05, 0) is 67.4 Å². The Hall–Kier alpha value is -4.00. The fourth-order valence-electron chi connectivity index (χ4n) is 4.09. The van der Waals surface area contributed by atoms with Crippen molar-refractivity contribution in [2.45, 2.75) is 26.4 Å². The number of methoxy groups -OCH3 is 2. The quantitative estimate of drug-likeness (QED) is 0.339. The number of ketones is 1. The number of Topliss-reactive ketones (excluding diaryl/α,β-unsaturated/α-hetero) is 1. The molecule has 2 aromatic carbocycles. The summed E-state index contributed by atoms with van der Waals surface area (Å²) in [6.45, 7) is 3.76. The second kappa shape index (κ2) is 8.86. The Kier molecular flexibility index (Phi) is 5.96. The first-order chi connectivity index (χ1) is 15.8. The Morgan fingerprint density at radius 3 is 2.45 bits per heavy atom. The highest BCUT2D eigenvalue weighted by molar-refractivity contribution is 6.46. The molecule has 170 valence electrons. The number of nitrogens with zero attached hydrogens (tertiary/aromatic N) is 1. The van der Waals surface area contributed by atoms with Gasteiger partial charge in [0.1, 0.15) is 34.8 Å². The summed E-state index contributed by atoms with van der Waals surface area (Å²) in [6, 6.07) is 15.0. The zero-order valence-electron chi connectivity index (χ0n) is 18.9. The fourth-order valence-corrected chi connectivity index (χ4v) is 4.09. The summed E-state index contributed by atoms with van der Waals surface area (Å²) < 4.78 is 16.4. The molecule has 1 N–H and O–H groups in total. The van der Waals surface area contributed by atoms with Gasteiger partial charge >= 0.3 is 0 Å². The molecule has 1 saturated heterocycles. The summed E-state index contributed by atoms with van der Waals surface area (Å²) in [6.07, 6.45) is 0. The van der Waals surface area contributed by atoms with Crippen LogP contribution >= 0.6 is 0 Å². The van der Waals surface area contributed by atoms with Crippen molar-refractivity contribution in [1.29, 1.82) is 0 Å². The molecule has 0 saturated carbocycles. The van der Waals surface area contributed by atoms with Crippen molar-refractivity contribution in [2.24, 2.45) is 0 Å². The summed E-state index contributed by atoms with van der Waals surface area (Å²) in [5, 5.41) is 11.2. The van der Waals surface area contributed by atoms with Crippen molar-refractivity contribution in [3.8, 4) is 11.5 Å². The Morgan fingerprint density at radius 1 is 1.03 bits per heavy atom. The standard InChI is InChI=1S/C26H25NO6/c1-15-12-18(9-11-20(15)32-4)24(28)22-23(21-10-8-16(2)33-21)27(26(30)25(22)29)14-17-6-5-7-19(13-17)31-3/h5-13,23,28H,14H2,1-4H3/b24-22-. The number of hydrogen-bond acceptors (Lipinski definition) is 6. The van der Waals surface area contributed by atoms with Crippen molar-refractivity contribution in [3.05, 3.63) is 88.4 Å². The maximum absolute atomic E-state index is 13.1. The van der Waals surface area contributed by atoms with Gasteiger partial charge in [-0.25, -0.2) is 0 Å². The summed E-state index contributed by atoms with van der Waals surface area (Å²) in [4.78, 5) is 27.7. The van der Waals surface area contributed by atoms with Crippen molar-refractivity contribution in [3.63, 3.8) is 0 Å². The molecule has 3 aromatic rings. The predicted octanol–water partition coefficient (Wildman–Crippen LogP) is 4.54. The Bertz CT molecular complexity index is 1260. The number of likely N-dealkylation sites (tertiary alicyclic amines) is 1. The average Bonchev–Trinajstić information content (AvgIpc) is 3.35. The largest absolute Gasteiger partial charge is 0.507 e. The van der Waals surface area contributed by atoms with Crippen molar-refractivity contribution < 1.29 is 28.6 Å². The van der Waals surface area contributed by atoms with E-state index in [0.29, 0.717) is 28.6 Å². The Balaban J connectivity index is 1.83. The van der Waals surface area contributed by atoms with Crippen LogP contribution in [0.25, 0.3) is 5.76 Å². The number of aliphatic hydroxyl groups is 1. The second-order valence-electron chi connectivity index (χ2n) is 7.91. The van der Waals surface area contributed by atoms with Gasteiger partial charge in [0, 0.05) is 12.1 Å².